The Hall–Kier alpha value is -1.50. The molecule has 1 N–H and O–H groups in total. The molecule has 0 saturated heterocycles. The quantitative estimate of drug-likeness (QED) is 0.785. The van der Waals surface area contributed by atoms with Gasteiger partial charge in [0.15, 0.2) is 11.0 Å². The van der Waals surface area contributed by atoms with E-state index in [-0.39, 0.29) is 16.9 Å². The number of anilines is 1. The first kappa shape index (κ1) is 11.6. The van der Waals surface area contributed by atoms with Crippen LogP contribution in [0, 0.1) is 0 Å². The molecule has 0 aliphatic rings. The molecule has 3 rings (SSSR count). The van der Waals surface area contributed by atoms with Crippen molar-refractivity contribution in [2.45, 2.75) is 0 Å². The first-order chi connectivity index (χ1) is 8.74. The number of nitrogens with one attached hydrogen (secondary N) is 1. The third-order valence-electron chi connectivity index (χ3n) is 2.25. The van der Waals surface area contributed by atoms with Gasteiger partial charge in [-0.25, -0.2) is 9.97 Å². The number of thiophene rings is 2. The van der Waals surface area contributed by atoms with Crippen LogP contribution in [-0.2, 0) is 0 Å². The van der Waals surface area contributed by atoms with E-state index in [1.807, 2.05) is 17.5 Å². The molecular weight excluding hydrogens is 290 g/mol. The van der Waals surface area contributed by atoms with Crippen molar-refractivity contribution in [3.63, 3.8) is 0 Å². The second kappa shape index (κ2) is 4.64. The molecule has 0 unspecified atom stereocenters. The van der Waals surface area contributed by atoms with Crippen LogP contribution in [0.5, 0.6) is 0 Å². The molecule has 3 heterocycles. The lowest BCUT2D eigenvalue weighted by Crippen LogP contribution is -2.12. The highest BCUT2D eigenvalue weighted by Crippen LogP contribution is 2.30. The van der Waals surface area contributed by atoms with Crippen LogP contribution in [0.3, 0.4) is 0 Å². The molecule has 0 aliphatic carbocycles. The van der Waals surface area contributed by atoms with Crippen LogP contribution in [-0.4, -0.2) is 15.9 Å². The Labute approximate surface area is 115 Å². The molecule has 0 saturated carbocycles. The number of carbonyl (C=O) groups is 1. The minimum Gasteiger partial charge on any atom is -0.303 e. The van der Waals surface area contributed by atoms with Crippen molar-refractivity contribution < 1.29 is 4.79 Å². The van der Waals surface area contributed by atoms with Crippen molar-refractivity contribution >= 4 is 55.4 Å². The minimum atomic E-state index is -0.217. The van der Waals surface area contributed by atoms with Crippen LogP contribution in [0.2, 0.25) is 5.15 Å². The normalized spacial score (nSPS) is 10.7. The standard InChI is InChI=1S/C11H6ClN3OS2/c12-9-10(14-3-2-13-9)15-11(16)8-5-7-6(18-8)1-4-17-7/h1-5H,(H,14,15,16). The van der Waals surface area contributed by atoms with Crippen LogP contribution in [0.4, 0.5) is 5.82 Å². The fourth-order valence-corrected chi connectivity index (χ4v) is 3.61. The Morgan fingerprint density at radius 3 is 2.89 bits per heavy atom. The monoisotopic (exact) mass is 295 g/mol. The van der Waals surface area contributed by atoms with E-state index in [0.29, 0.717) is 4.88 Å². The van der Waals surface area contributed by atoms with Crippen molar-refractivity contribution in [1.29, 1.82) is 0 Å². The summed E-state index contributed by atoms with van der Waals surface area (Å²) in [7, 11) is 0. The largest absolute Gasteiger partial charge is 0.303 e. The molecule has 3 aromatic rings. The van der Waals surface area contributed by atoms with Gasteiger partial charge in [-0.2, -0.15) is 0 Å². The fraction of sp³-hybridized carbons (Fsp3) is 0. The molecule has 0 fully saturated rings. The summed E-state index contributed by atoms with van der Waals surface area (Å²) in [5.41, 5.74) is 0. The van der Waals surface area contributed by atoms with Crippen molar-refractivity contribution in [2.24, 2.45) is 0 Å². The lowest BCUT2D eigenvalue weighted by molar-refractivity contribution is 0.103. The smallest absolute Gasteiger partial charge is 0.267 e. The number of carbonyl (C=O) groups excluding carboxylic acids is 1. The number of aromatic nitrogens is 2. The number of halogens is 1. The topological polar surface area (TPSA) is 54.9 Å². The zero-order valence-electron chi connectivity index (χ0n) is 8.88. The summed E-state index contributed by atoms with van der Waals surface area (Å²) in [4.78, 5) is 20.5. The zero-order chi connectivity index (χ0) is 12.5. The molecule has 0 bridgehead atoms. The number of hydrogen-bond donors (Lipinski definition) is 1. The molecule has 0 aromatic carbocycles. The van der Waals surface area contributed by atoms with Gasteiger partial charge in [-0.1, -0.05) is 11.6 Å². The molecule has 0 spiro atoms. The molecule has 1 amide bonds. The first-order valence-corrected chi connectivity index (χ1v) is 7.06. The number of rotatable bonds is 2. The van der Waals surface area contributed by atoms with Gasteiger partial charge in [0.25, 0.3) is 5.91 Å². The molecule has 0 radical (unpaired) electrons. The molecule has 0 aliphatic heterocycles. The second-order valence-corrected chi connectivity index (χ2v) is 5.80. The SMILES string of the molecule is O=C(Nc1nccnc1Cl)c1cc2sccc2s1. The van der Waals surface area contributed by atoms with Crippen LogP contribution in [0.1, 0.15) is 9.67 Å². The van der Waals surface area contributed by atoms with E-state index in [0.717, 1.165) is 9.40 Å². The van der Waals surface area contributed by atoms with E-state index in [1.165, 1.54) is 23.7 Å². The first-order valence-electron chi connectivity index (χ1n) is 4.99. The van der Waals surface area contributed by atoms with E-state index in [9.17, 15) is 4.79 Å². The third-order valence-corrected chi connectivity index (χ3v) is 4.62. The van der Waals surface area contributed by atoms with Gasteiger partial charge in [0.1, 0.15) is 0 Å². The summed E-state index contributed by atoms with van der Waals surface area (Å²) in [5.74, 6) is 0.0618. The average Bonchev–Trinajstić information content (AvgIpc) is 2.92. The van der Waals surface area contributed by atoms with Gasteiger partial charge in [0, 0.05) is 21.8 Å². The van der Waals surface area contributed by atoms with E-state index >= 15 is 0 Å². The van der Waals surface area contributed by atoms with Crippen LogP contribution in [0.15, 0.2) is 29.9 Å². The summed E-state index contributed by atoms with van der Waals surface area (Å²) in [6.45, 7) is 0. The molecule has 90 valence electrons. The molecule has 4 nitrogen and oxygen atoms in total. The molecular formula is C11H6ClN3OS2. The second-order valence-electron chi connectivity index (χ2n) is 3.41. The van der Waals surface area contributed by atoms with Gasteiger partial charge in [0.05, 0.1) is 4.88 Å². The highest BCUT2D eigenvalue weighted by Gasteiger charge is 2.13. The van der Waals surface area contributed by atoms with Gasteiger partial charge in [-0.05, 0) is 17.5 Å². The van der Waals surface area contributed by atoms with E-state index in [1.54, 1.807) is 11.3 Å². The third kappa shape index (κ3) is 2.10. The number of nitrogens with zero attached hydrogens (tertiary/aromatic N) is 2. The van der Waals surface area contributed by atoms with Crippen molar-refractivity contribution in [3.05, 3.63) is 39.9 Å². The summed E-state index contributed by atoms with van der Waals surface area (Å²) < 4.78 is 2.21. The van der Waals surface area contributed by atoms with Gasteiger partial charge < -0.3 is 5.32 Å². The number of amides is 1. The van der Waals surface area contributed by atoms with Gasteiger partial charge in [0.2, 0.25) is 0 Å². The Balaban J connectivity index is 1.87. The zero-order valence-corrected chi connectivity index (χ0v) is 11.3. The highest BCUT2D eigenvalue weighted by molar-refractivity contribution is 7.27. The lowest BCUT2D eigenvalue weighted by Gasteiger charge is -2.02. The molecule has 3 aromatic heterocycles. The van der Waals surface area contributed by atoms with Crippen molar-refractivity contribution in [3.8, 4) is 0 Å². The summed E-state index contributed by atoms with van der Waals surface area (Å²) in [6, 6.07) is 3.86. The van der Waals surface area contributed by atoms with Crippen molar-refractivity contribution in [1.82, 2.24) is 9.97 Å². The van der Waals surface area contributed by atoms with Gasteiger partial charge in [-0.15, -0.1) is 22.7 Å². The van der Waals surface area contributed by atoms with Crippen LogP contribution >= 0.6 is 34.3 Å². The summed E-state index contributed by atoms with van der Waals surface area (Å²) in [6.07, 6.45) is 2.95. The van der Waals surface area contributed by atoms with E-state index < -0.39 is 0 Å². The highest BCUT2D eigenvalue weighted by atomic mass is 35.5. The van der Waals surface area contributed by atoms with Gasteiger partial charge in [-0.3, -0.25) is 4.79 Å². The Bertz CT molecular complexity index is 693. The van der Waals surface area contributed by atoms with Gasteiger partial charge >= 0.3 is 0 Å². The Kier molecular flexibility index (Phi) is 2.99. The molecule has 7 heteroatoms. The Morgan fingerprint density at radius 1 is 1.28 bits per heavy atom. The molecule has 0 atom stereocenters. The predicted molar refractivity (Wildman–Crippen MR) is 74.7 cm³/mol. The van der Waals surface area contributed by atoms with Crippen LogP contribution in [0.25, 0.3) is 9.40 Å². The summed E-state index contributed by atoms with van der Waals surface area (Å²) >= 11 is 8.89. The fourth-order valence-electron chi connectivity index (χ4n) is 1.45. The average molecular weight is 296 g/mol. The lowest BCUT2D eigenvalue weighted by atomic mass is 10.4. The number of fused-ring (bicyclic) bond motifs is 1. The maximum absolute atomic E-state index is 12.0. The molecule has 18 heavy (non-hydrogen) atoms. The van der Waals surface area contributed by atoms with Crippen molar-refractivity contribution in [2.75, 3.05) is 5.32 Å². The van der Waals surface area contributed by atoms with E-state index in [4.69, 9.17) is 11.6 Å². The maximum Gasteiger partial charge on any atom is 0.267 e. The maximum atomic E-state index is 12.0. The van der Waals surface area contributed by atoms with Crippen LogP contribution < -0.4 is 5.32 Å². The minimum absolute atomic E-state index is 0.184. The Morgan fingerprint density at radius 2 is 2.11 bits per heavy atom. The summed E-state index contributed by atoms with van der Waals surface area (Å²) in [5, 5.41) is 4.83. The van der Waals surface area contributed by atoms with E-state index in [2.05, 4.69) is 15.3 Å². The number of hydrogen-bond acceptors (Lipinski definition) is 5. The predicted octanol–water partition coefficient (Wildman–Crippen LogP) is 3.66.